The van der Waals surface area contributed by atoms with Crippen molar-refractivity contribution in [2.24, 2.45) is 5.92 Å². The van der Waals surface area contributed by atoms with Crippen LogP contribution in [0.5, 0.6) is 0 Å². The number of ketones is 1. The maximum atomic E-state index is 14.0. The van der Waals surface area contributed by atoms with E-state index in [1.165, 1.54) is 24.8 Å². The van der Waals surface area contributed by atoms with Crippen LogP contribution in [0.3, 0.4) is 0 Å². The first kappa shape index (κ1) is 26.8. The molecule has 4 heteroatoms. The molecule has 2 rings (SSSR count). The van der Waals surface area contributed by atoms with Crippen molar-refractivity contribution in [1.29, 1.82) is 0 Å². The summed E-state index contributed by atoms with van der Waals surface area (Å²) in [6.45, 7) is 6.45. The number of halogens is 1. The van der Waals surface area contributed by atoms with Crippen LogP contribution in [-0.2, 0) is 4.79 Å². The fourth-order valence-electron chi connectivity index (χ4n) is 4.59. The number of aliphatic hydroxyl groups is 2. The number of unbranched alkanes of at least 4 members (excludes halogenated alkanes) is 4. The van der Waals surface area contributed by atoms with Gasteiger partial charge in [0.2, 0.25) is 0 Å². The molecule has 1 aliphatic rings. The Bertz CT molecular complexity index is 807. The van der Waals surface area contributed by atoms with Crippen LogP contribution in [0.2, 0.25) is 5.02 Å². The molecular formula is C28H41ClO3. The van der Waals surface area contributed by atoms with E-state index in [-0.39, 0.29) is 11.7 Å². The highest BCUT2D eigenvalue weighted by molar-refractivity contribution is 6.32. The van der Waals surface area contributed by atoms with E-state index in [0.29, 0.717) is 30.7 Å². The molecule has 0 radical (unpaired) electrons. The van der Waals surface area contributed by atoms with Crippen LogP contribution in [0.15, 0.2) is 35.4 Å². The highest BCUT2D eigenvalue weighted by atomic mass is 35.5. The molecule has 0 fully saturated rings. The van der Waals surface area contributed by atoms with E-state index >= 15 is 0 Å². The van der Waals surface area contributed by atoms with Crippen LogP contribution in [-0.4, -0.2) is 22.3 Å². The lowest BCUT2D eigenvalue weighted by molar-refractivity contribution is -0.111. The number of rotatable bonds is 12. The van der Waals surface area contributed by atoms with Gasteiger partial charge in [0.1, 0.15) is 0 Å². The van der Waals surface area contributed by atoms with Gasteiger partial charge < -0.3 is 10.2 Å². The summed E-state index contributed by atoms with van der Waals surface area (Å²) in [5, 5.41) is 19.9. The average Bonchev–Trinajstić information content (AvgIpc) is 3.03. The molecular weight excluding hydrogens is 420 g/mol. The van der Waals surface area contributed by atoms with Crippen LogP contribution >= 0.6 is 11.6 Å². The third kappa shape index (κ3) is 7.86. The SMILES string of the molecule is CCCCCCC(CCCC)=C(C(=O)C1=CCCC(C(O)O)CC1)c1cc(Cl)ccc1C. The Labute approximate surface area is 199 Å². The number of aryl methyl sites for hydroxylation is 1. The van der Waals surface area contributed by atoms with Crippen LogP contribution in [0.4, 0.5) is 0 Å². The average molecular weight is 461 g/mol. The van der Waals surface area contributed by atoms with Crippen molar-refractivity contribution in [2.75, 3.05) is 0 Å². The van der Waals surface area contributed by atoms with Gasteiger partial charge in [-0.3, -0.25) is 4.79 Å². The monoisotopic (exact) mass is 460 g/mol. The molecule has 1 aliphatic carbocycles. The Balaban J connectivity index is 2.48. The summed E-state index contributed by atoms with van der Waals surface area (Å²) in [7, 11) is 0. The minimum absolute atomic E-state index is 0.102. The van der Waals surface area contributed by atoms with Crippen molar-refractivity contribution in [1.82, 2.24) is 0 Å². The zero-order valence-electron chi connectivity index (χ0n) is 20.1. The van der Waals surface area contributed by atoms with Crippen LogP contribution in [0, 0.1) is 12.8 Å². The van der Waals surface area contributed by atoms with Crippen molar-refractivity contribution in [3.63, 3.8) is 0 Å². The van der Waals surface area contributed by atoms with Gasteiger partial charge in [-0.15, -0.1) is 0 Å². The van der Waals surface area contributed by atoms with Gasteiger partial charge in [0.25, 0.3) is 0 Å². The number of carbonyl (C=O) groups is 1. The molecule has 1 atom stereocenters. The standard InChI is InChI=1S/C28H41ClO3/c1-4-6-8-9-12-21(11-7-5-2)26(25-19-24(29)18-15-20(25)3)27(30)22-13-10-14-23(17-16-22)28(31)32/h13,15,18-19,23,28,31-32H,4-12,14,16-17H2,1-3H3. The zero-order chi connectivity index (χ0) is 23.5. The Morgan fingerprint density at radius 3 is 2.47 bits per heavy atom. The van der Waals surface area contributed by atoms with Crippen molar-refractivity contribution >= 4 is 23.0 Å². The number of aliphatic hydroxyl groups excluding tert-OH is 1. The third-order valence-corrected chi connectivity index (χ3v) is 6.87. The van der Waals surface area contributed by atoms with Crippen molar-refractivity contribution < 1.29 is 15.0 Å². The predicted octanol–water partition coefficient (Wildman–Crippen LogP) is 7.56. The van der Waals surface area contributed by atoms with Gasteiger partial charge in [-0.25, -0.2) is 0 Å². The van der Waals surface area contributed by atoms with E-state index in [1.807, 2.05) is 31.2 Å². The summed E-state index contributed by atoms with van der Waals surface area (Å²) < 4.78 is 0. The molecule has 1 aromatic carbocycles. The number of allylic oxidation sites excluding steroid dienone is 4. The number of hydrogen-bond donors (Lipinski definition) is 2. The lowest BCUT2D eigenvalue weighted by Crippen LogP contribution is -2.19. The summed E-state index contributed by atoms with van der Waals surface area (Å²) in [5.41, 5.74) is 4.92. The first-order chi connectivity index (χ1) is 15.4. The number of carbonyl (C=O) groups excluding carboxylic acids is 1. The second-order valence-electron chi connectivity index (χ2n) is 9.20. The molecule has 3 nitrogen and oxygen atoms in total. The van der Waals surface area contributed by atoms with Gasteiger partial charge in [-0.05, 0) is 87.1 Å². The van der Waals surface area contributed by atoms with Crippen molar-refractivity contribution in [3.05, 3.63) is 51.6 Å². The molecule has 2 N–H and O–H groups in total. The first-order valence-electron chi connectivity index (χ1n) is 12.5. The molecule has 0 spiro atoms. The zero-order valence-corrected chi connectivity index (χ0v) is 20.9. The van der Waals surface area contributed by atoms with Crippen LogP contribution in [0.1, 0.15) is 102 Å². The van der Waals surface area contributed by atoms with E-state index in [4.69, 9.17) is 11.6 Å². The second-order valence-corrected chi connectivity index (χ2v) is 9.64. The molecule has 1 aromatic rings. The summed E-state index contributed by atoms with van der Waals surface area (Å²) in [6, 6.07) is 5.83. The third-order valence-electron chi connectivity index (χ3n) is 6.64. The van der Waals surface area contributed by atoms with E-state index in [2.05, 4.69) is 13.8 Å². The topological polar surface area (TPSA) is 57.5 Å². The van der Waals surface area contributed by atoms with E-state index in [9.17, 15) is 15.0 Å². The smallest absolute Gasteiger partial charge is 0.189 e. The van der Waals surface area contributed by atoms with E-state index < -0.39 is 6.29 Å². The van der Waals surface area contributed by atoms with Crippen LogP contribution < -0.4 is 0 Å². The van der Waals surface area contributed by atoms with Gasteiger partial charge in [0.05, 0.1) is 0 Å². The number of hydrogen-bond acceptors (Lipinski definition) is 3. The largest absolute Gasteiger partial charge is 0.368 e. The van der Waals surface area contributed by atoms with Gasteiger partial charge >= 0.3 is 0 Å². The molecule has 0 aliphatic heterocycles. The van der Waals surface area contributed by atoms with E-state index in [0.717, 1.165) is 54.4 Å². The van der Waals surface area contributed by atoms with Gasteiger partial charge in [0, 0.05) is 16.5 Å². The molecule has 0 aromatic heterocycles. The highest BCUT2D eigenvalue weighted by Crippen LogP contribution is 2.35. The fraction of sp³-hybridized carbons (Fsp3) is 0.607. The molecule has 0 saturated carbocycles. The minimum atomic E-state index is -1.32. The molecule has 0 amide bonds. The van der Waals surface area contributed by atoms with Gasteiger partial charge in [-0.1, -0.05) is 68.8 Å². The lowest BCUT2D eigenvalue weighted by atomic mass is 9.84. The lowest BCUT2D eigenvalue weighted by Gasteiger charge is -2.19. The predicted molar refractivity (Wildman–Crippen MR) is 135 cm³/mol. The van der Waals surface area contributed by atoms with Crippen LogP contribution in [0.25, 0.3) is 5.57 Å². The first-order valence-corrected chi connectivity index (χ1v) is 12.8. The number of benzene rings is 1. The second kappa shape index (κ2) is 14.0. The highest BCUT2D eigenvalue weighted by Gasteiger charge is 2.26. The summed E-state index contributed by atoms with van der Waals surface area (Å²) in [6.07, 6.45) is 12.0. The summed E-state index contributed by atoms with van der Waals surface area (Å²) in [4.78, 5) is 14.0. The molecule has 0 bridgehead atoms. The van der Waals surface area contributed by atoms with E-state index in [1.54, 1.807) is 0 Å². The number of Topliss-reactive ketones (excluding diaryl/α,β-unsaturated/α-hetero) is 1. The van der Waals surface area contributed by atoms with Crippen molar-refractivity contribution in [3.8, 4) is 0 Å². The van der Waals surface area contributed by atoms with Gasteiger partial charge in [-0.2, -0.15) is 0 Å². The quantitative estimate of drug-likeness (QED) is 0.192. The summed E-state index contributed by atoms with van der Waals surface area (Å²) >= 11 is 6.38. The Morgan fingerprint density at radius 1 is 1.06 bits per heavy atom. The maximum Gasteiger partial charge on any atom is 0.189 e. The molecule has 0 saturated heterocycles. The summed E-state index contributed by atoms with van der Waals surface area (Å²) in [5.74, 6) is -0.0736. The molecule has 32 heavy (non-hydrogen) atoms. The Kier molecular flexibility index (Phi) is 11.7. The normalized spacial score (nSPS) is 17.7. The molecule has 178 valence electrons. The molecule has 0 heterocycles. The maximum absolute atomic E-state index is 14.0. The Hall–Kier alpha value is -1.42. The van der Waals surface area contributed by atoms with Gasteiger partial charge in [0.15, 0.2) is 12.1 Å². The Morgan fingerprint density at radius 2 is 1.78 bits per heavy atom. The molecule has 1 unspecified atom stereocenters. The van der Waals surface area contributed by atoms with Crippen molar-refractivity contribution in [2.45, 2.75) is 104 Å². The minimum Gasteiger partial charge on any atom is -0.368 e. The fourth-order valence-corrected chi connectivity index (χ4v) is 4.76.